The molecule has 0 fully saturated rings. The number of amides is 1. The van der Waals surface area contributed by atoms with Gasteiger partial charge in [0.25, 0.3) is 5.91 Å². The fourth-order valence-corrected chi connectivity index (χ4v) is 2.58. The molecule has 0 saturated heterocycles. The highest BCUT2D eigenvalue weighted by atomic mass is 127. The Hall–Kier alpha value is -2.09. The largest absolute Gasteiger partial charge is 0.352 e. The van der Waals surface area contributed by atoms with Crippen molar-refractivity contribution in [3.63, 3.8) is 0 Å². The Balaban J connectivity index is 0.00000364. The summed E-state index contributed by atoms with van der Waals surface area (Å²) < 4.78 is 0. The molecule has 0 heterocycles. The minimum atomic E-state index is -0.0318. The number of aryl methyl sites for hydroxylation is 1. The highest BCUT2D eigenvalue weighted by molar-refractivity contribution is 14.0. The van der Waals surface area contributed by atoms with E-state index in [2.05, 4.69) is 52.1 Å². The number of guanidine groups is 1. The lowest BCUT2D eigenvalue weighted by atomic mass is 10.1. The first kappa shape index (κ1) is 23.0. The molecule has 27 heavy (non-hydrogen) atoms. The minimum absolute atomic E-state index is 0. The molecule has 0 saturated carbocycles. The lowest BCUT2D eigenvalue weighted by Crippen LogP contribution is -2.36. The van der Waals surface area contributed by atoms with Gasteiger partial charge < -0.3 is 16.0 Å². The van der Waals surface area contributed by atoms with Crippen LogP contribution in [0.5, 0.6) is 0 Å². The first-order valence-electron chi connectivity index (χ1n) is 8.99. The van der Waals surface area contributed by atoms with Crippen molar-refractivity contribution in [1.82, 2.24) is 16.0 Å². The van der Waals surface area contributed by atoms with Crippen LogP contribution >= 0.6 is 24.0 Å². The van der Waals surface area contributed by atoms with E-state index in [1.807, 2.05) is 31.2 Å². The zero-order chi connectivity index (χ0) is 18.8. The van der Waals surface area contributed by atoms with E-state index < -0.39 is 0 Å². The number of halogens is 1. The summed E-state index contributed by atoms with van der Waals surface area (Å²) in [5, 5.41) is 9.49. The molecule has 0 bridgehead atoms. The van der Waals surface area contributed by atoms with Crippen molar-refractivity contribution in [2.45, 2.75) is 33.4 Å². The van der Waals surface area contributed by atoms with Crippen molar-refractivity contribution in [2.75, 3.05) is 13.6 Å². The summed E-state index contributed by atoms with van der Waals surface area (Å²) >= 11 is 0. The average Bonchev–Trinajstić information content (AvgIpc) is 2.66. The number of carbonyl (C=O) groups excluding carboxylic acids is 1. The Morgan fingerprint density at radius 3 is 2.19 bits per heavy atom. The van der Waals surface area contributed by atoms with E-state index in [0.717, 1.165) is 17.9 Å². The molecule has 5 nitrogen and oxygen atoms in total. The van der Waals surface area contributed by atoms with Crippen molar-refractivity contribution in [2.24, 2.45) is 4.99 Å². The molecule has 2 aromatic carbocycles. The standard InChI is InChI=1S/C21H28N4O.HI/c1-4-11-23-20(26)19-10-6-9-18(13-19)15-25-21(22-3)24-14-17-8-5-7-16(2)12-17;/h5-10,12-13H,4,11,14-15H2,1-3H3,(H,23,26)(H2,22,24,25);1H. The van der Waals surface area contributed by atoms with Crippen LogP contribution in [0.2, 0.25) is 0 Å². The zero-order valence-electron chi connectivity index (χ0n) is 16.2. The molecule has 3 N–H and O–H groups in total. The predicted octanol–water partition coefficient (Wildman–Crippen LogP) is 3.62. The number of hydrogen-bond acceptors (Lipinski definition) is 2. The molecular formula is C21H29IN4O. The second-order valence-electron chi connectivity index (χ2n) is 6.22. The van der Waals surface area contributed by atoms with Crippen molar-refractivity contribution in [3.8, 4) is 0 Å². The smallest absolute Gasteiger partial charge is 0.251 e. The van der Waals surface area contributed by atoms with E-state index in [0.29, 0.717) is 25.2 Å². The fourth-order valence-electron chi connectivity index (χ4n) is 2.58. The molecule has 0 aliphatic rings. The van der Waals surface area contributed by atoms with E-state index in [-0.39, 0.29) is 29.9 Å². The number of aliphatic imine (C=N–C) groups is 1. The van der Waals surface area contributed by atoms with Gasteiger partial charge in [0.2, 0.25) is 0 Å². The van der Waals surface area contributed by atoms with Crippen LogP contribution in [-0.2, 0) is 13.1 Å². The summed E-state index contributed by atoms with van der Waals surface area (Å²) in [4.78, 5) is 16.3. The summed E-state index contributed by atoms with van der Waals surface area (Å²) in [5.74, 6) is 0.697. The van der Waals surface area contributed by atoms with Crippen LogP contribution in [0.1, 0.15) is 40.4 Å². The molecule has 1 amide bonds. The molecule has 6 heteroatoms. The van der Waals surface area contributed by atoms with Crippen LogP contribution in [0.15, 0.2) is 53.5 Å². The van der Waals surface area contributed by atoms with Gasteiger partial charge in [-0.05, 0) is 36.6 Å². The van der Waals surface area contributed by atoms with E-state index in [1.54, 1.807) is 7.05 Å². The van der Waals surface area contributed by atoms with Crippen LogP contribution in [0.4, 0.5) is 0 Å². The maximum Gasteiger partial charge on any atom is 0.251 e. The van der Waals surface area contributed by atoms with Gasteiger partial charge >= 0.3 is 0 Å². The molecule has 0 spiro atoms. The second-order valence-corrected chi connectivity index (χ2v) is 6.22. The Morgan fingerprint density at radius 2 is 1.59 bits per heavy atom. The number of hydrogen-bond donors (Lipinski definition) is 3. The number of rotatable bonds is 7. The molecule has 0 radical (unpaired) electrons. The summed E-state index contributed by atoms with van der Waals surface area (Å²) in [6.07, 6.45) is 0.927. The third kappa shape index (κ3) is 7.99. The van der Waals surface area contributed by atoms with E-state index >= 15 is 0 Å². The summed E-state index contributed by atoms with van der Waals surface area (Å²) in [7, 11) is 1.75. The highest BCUT2D eigenvalue weighted by Crippen LogP contribution is 2.06. The van der Waals surface area contributed by atoms with Gasteiger partial charge in [-0.15, -0.1) is 24.0 Å². The monoisotopic (exact) mass is 480 g/mol. The Labute approximate surface area is 179 Å². The SMILES string of the molecule is CCCNC(=O)c1cccc(CNC(=NC)NCc2cccc(C)c2)c1.I. The quantitative estimate of drug-likeness (QED) is 0.322. The van der Waals surface area contributed by atoms with Gasteiger partial charge in [0.15, 0.2) is 5.96 Å². The van der Waals surface area contributed by atoms with Crippen molar-refractivity contribution in [1.29, 1.82) is 0 Å². The first-order chi connectivity index (χ1) is 12.6. The second kappa shape index (κ2) is 12.3. The third-order valence-electron chi connectivity index (χ3n) is 3.95. The molecular weight excluding hydrogens is 451 g/mol. The van der Waals surface area contributed by atoms with Gasteiger partial charge in [-0.25, -0.2) is 0 Å². The van der Waals surface area contributed by atoms with Gasteiger partial charge in [-0.2, -0.15) is 0 Å². The van der Waals surface area contributed by atoms with E-state index in [9.17, 15) is 4.79 Å². The van der Waals surface area contributed by atoms with Gasteiger partial charge in [0.05, 0.1) is 0 Å². The normalized spacial score (nSPS) is 10.7. The summed E-state index contributed by atoms with van der Waals surface area (Å²) in [5.41, 5.74) is 4.17. The molecule has 0 aliphatic heterocycles. The van der Waals surface area contributed by atoms with Crippen molar-refractivity contribution in [3.05, 3.63) is 70.8 Å². The number of carbonyl (C=O) groups is 1. The Morgan fingerprint density at radius 1 is 0.963 bits per heavy atom. The van der Waals surface area contributed by atoms with Gasteiger partial charge in [0, 0.05) is 32.2 Å². The molecule has 146 valence electrons. The van der Waals surface area contributed by atoms with Crippen molar-refractivity contribution < 1.29 is 4.79 Å². The number of nitrogens with zero attached hydrogens (tertiary/aromatic N) is 1. The topological polar surface area (TPSA) is 65.5 Å². The molecule has 0 unspecified atom stereocenters. The molecule has 2 aromatic rings. The maximum absolute atomic E-state index is 12.1. The fraction of sp³-hybridized carbons (Fsp3) is 0.333. The molecule has 0 aliphatic carbocycles. The van der Waals surface area contributed by atoms with Crippen LogP contribution in [-0.4, -0.2) is 25.5 Å². The van der Waals surface area contributed by atoms with Gasteiger partial charge in [0.1, 0.15) is 0 Å². The first-order valence-corrected chi connectivity index (χ1v) is 8.99. The van der Waals surface area contributed by atoms with E-state index in [1.165, 1.54) is 11.1 Å². The number of benzene rings is 2. The van der Waals surface area contributed by atoms with E-state index in [4.69, 9.17) is 0 Å². The Kier molecular flexibility index (Phi) is 10.5. The van der Waals surface area contributed by atoms with Crippen LogP contribution < -0.4 is 16.0 Å². The summed E-state index contributed by atoms with van der Waals surface area (Å²) in [6.45, 7) is 6.12. The average molecular weight is 480 g/mol. The predicted molar refractivity (Wildman–Crippen MR) is 123 cm³/mol. The molecule has 2 rings (SSSR count). The van der Waals surface area contributed by atoms with Crippen LogP contribution in [0.25, 0.3) is 0 Å². The zero-order valence-corrected chi connectivity index (χ0v) is 18.5. The van der Waals surface area contributed by atoms with Crippen LogP contribution in [0, 0.1) is 6.92 Å². The third-order valence-corrected chi connectivity index (χ3v) is 3.95. The maximum atomic E-state index is 12.1. The van der Waals surface area contributed by atoms with Gasteiger partial charge in [-0.1, -0.05) is 48.9 Å². The van der Waals surface area contributed by atoms with Crippen LogP contribution in [0.3, 0.4) is 0 Å². The van der Waals surface area contributed by atoms with Crippen molar-refractivity contribution >= 4 is 35.8 Å². The summed E-state index contributed by atoms with van der Waals surface area (Å²) in [6, 6.07) is 16.0. The van der Waals surface area contributed by atoms with Gasteiger partial charge in [-0.3, -0.25) is 9.79 Å². The lowest BCUT2D eigenvalue weighted by molar-refractivity contribution is 0.0953. The minimum Gasteiger partial charge on any atom is -0.352 e. The Bertz CT molecular complexity index is 761. The molecule has 0 atom stereocenters. The highest BCUT2D eigenvalue weighted by Gasteiger charge is 2.06. The lowest BCUT2D eigenvalue weighted by Gasteiger charge is -2.13. The molecule has 0 aromatic heterocycles. The number of nitrogens with one attached hydrogen (secondary N) is 3.